The van der Waals surface area contributed by atoms with Crippen molar-refractivity contribution in [3.63, 3.8) is 0 Å². The van der Waals surface area contributed by atoms with Gasteiger partial charge in [0.2, 0.25) is 11.8 Å². The lowest BCUT2D eigenvalue weighted by molar-refractivity contribution is -0.200. The minimum atomic E-state index is -0.879. The van der Waals surface area contributed by atoms with Gasteiger partial charge in [-0.1, -0.05) is 16.9 Å². The molecule has 3 rings (SSSR count). The molecule has 0 saturated carbocycles. The second kappa shape index (κ2) is 11.1. The van der Waals surface area contributed by atoms with Crippen molar-refractivity contribution in [2.75, 3.05) is 18.8 Å². The molecule has 2 aliphatic heterocycles. The average molecular weight is 467 g/mol. The molecule has 1 N–H and O–H groups in total. The Morgan fingerprint density at radius 3 is 2.68 bits per heavy atom. The Balaban J connectivity index is 1.38. The molecular weight excluding hydrogens is 444 g/mol. The Bertz CT molecular complexity index is 837. The first-order chi connectivity index (χ1) is 15.0. The third-order valence-corrected chi connectivity index (χ3v) is 6.93. The lowest BCUT2D eigenvalue weighted by Crippen LogP contribution is -2.47. The van der Waals surface area contributed by atoms with E-state index in [1.54, 1.807) is 6.20 Å². The van der Waals surface area contributed by atoms with Crippen LogP contribution in [-0.2, 0) is 28.8 Å². The number of aromatic nitrogens is 1. The van der Waals surface area contributed by atoms with Gasteiger partial charge in [-0.25, -0.2) is 9.78 Å². The molecule has 0 bridgehead atoms. The molecule has 0 spiro atoms. The highest BCUT2D eigenvalue weighted by Gasteiger charge is 2.39. The van der Waals surface area contributed by atoms with Crippen LogP contribution in [0.2, 0.25) is 0 Å². The van der Waals surface area contributed by atoms with Crippen molar-refractivity contribution in [3.8, 4) is 0 Å². The van der Waals surface area contributed by atoms with Gasteiger partial charge >= 0.3 is 5.97 Å². The summed E-state index contributed by atoms with van der Waals surface area (Å²) >= 11 is 0. The van der Waals surface area contributed by atoms with Crippen LogP contribution in [0.25, 0.3) is 0 Å². The lowest BCUT2D eigenvalue weighted by atomic mass is 10.2. The number of pyridine rings is 1. The van der Waals surface area contributed by atoms with E-state index >= 15 is 0 Å². The van der Waals surface area contributed by atoms with Crippen LogP contribution in [-0.4, -0.2) is 69.4 Å². The fourth-order valence-electron chi connectivity index (χ4n) is 3.12. The maximum absolute atomic E-state index is 12.5. The number of carbonyl (C=O) groups excluding carboxylic acids is 5. The number of hydrogen-bond acceptors (Lipinski definition) is 9. The summed E-state index contributed by atoms with van der Waals surface area (Å²) in [6, 6.07) is 4.71. The predicted octanol–water partition coefficient (Wildman–Crippen LogP) is 0.926. The molecule has 12 heteroatoms. The third kappa shape index (κ3) is 6.44. The van der Waals surface area contributed by atoms with Crippen molar-refractivity contribution in [1.29, 1.82) is 0 Å². The van der Waals surface area contributed by atoms with Crippen molar-refractivity contribution >= 4 is 51.2 Å². The predicted molar refractivity (Wildman–Crippen MR) is 112 cm³/mol. The quantitative estimate of drug-likeness (QED) is 0.321. The average Bonchev–Trinajstić information content (AvgIpc) is 3.38. The van der Waals surface area contributed by atoms with E-state index in [0.717, 1.165) is 5.03 Å². The maximum atomic E-state index is 12.5. The van der Waals surface area contributed by atoms with Crippen molar-refractivity contribution in [2.45, 2.75) is 43.2 Å². The molecule has 2 saturated heterocycles. The maximum Gasteiger partial charge on any atom is 0.355 e. The standard InChI is InChI=1S/C19H22N4O6S2/c24-14(8-11-30-31-15-5-1-2-9-20-15)21-12-18(27)22-10-3-4-13(22)19(28)29-23-16(25)6-7-17(23)26/h1-2,5,9,13H,3-4,6-8,10-12H2,(H,21,24). The molecule has 31 heavy (non-hydrogen) atoms. The monoisotopic (exact) mass is 466 g/mol. The van der Waals surface area contributed by atoms with Crippen LogP contribution in [0.3, 0.4) is 0 Å². The summed E-state index contributed by atoms with van der Waals surface area (Å²) in [6.45, 7) is 0.106. The zero-order valence-corrected chi connectivity index (χ0v) is 18.3. The summed E-state index contributed by atoms with van der Waals surface area (Å²) < 4.78 is 0. The Hall–Kier alpha value is -2.60. The fraction of sp³-hybridized carbons (Fsp3) is 0.474. The van der Waals surface area contributed by atoms with Crippen LogP contribution in [0.1, 0.15) is 32.1 Å². The zero-order valence-electron chi connectivity index (χ0n) is 16.7. The first-order valence-electron chi connectivity index (χ1n) is 9.80. The van der Waals surface area contributed by atoms with Gasteiger partial charge < -0.3 is 15.1 Å². The molecule has 1 aromatic rings. The number of hydroxylamine groups is 2. The molecule has 0 radical (unpaired) electrons. The summed E-state index contributed by atoms with van der Waals surface area (Å²) in [5, 5.41) is 3.90. The first-order valence-corrected chi connectivity index (χ1v) is 12.1. The molecule has 10 nitrogen and oxygen atoms in total. The van der Waals surface area contributed by atoms with Crippen molar-refractivity contribution in [3.05, 3.63) is 24.4 Å². The molecular formula is C19H22N4O6S2. The molecule has 0 aliphatic carbocycles. The molecule has 1 atom stereocenters. The minimum Gasteiger partial charge on any atom is -0.347 e. The molecule has 4 amide bonds. The Morgan fingerprint density at radius 2 is 1.97 bits per heavy atom. The Labute approximate surface area is 186 Å². The van der Waals surface area contributed by atoms with E-state index in [1.165, 1.54) is 26.5 Å². The highest BCUT2D eigenvalue weighted by Crippen LogP contribution is 2.29. The van der Waals surface area contributed by atoms with Gasteiger partial charge in [-0.15, -0.1) is 5.06 Å². The topological polar surface area (TPSA) is 126 Å². The number of likely N-dealkylation sites (tertiary alicyclic amines) is 1. The van der Waals surface area contributed by atoms with E-state index in [0.29, 0.717) is 30.2 Å². The summed E-state index contributed by atoms with van der Waals surface area (Å²) in [5.41, 5.74) is 0. The molecule has 2 fully saturated rings. The largest absolute Gasteiger partial charge is 0.355 e. The number of nitrogens with zero attached hydrogens (tertiary/aromatic N) is 3. The van der Waals surface area contributed by atoms with Crippen molar-refractivity contribution in [1.82, 2.24) is 20.3 Å². The second-order valence-electron chi connectivity index (χ2n) is 6.84. The molecule has 2 aliphatic rings. The summed E-state index contributed by atoms with van der Waals surface area (Å²) in [7, 11) is 2.96. The number of carbonyl (C=O) groups is 5. The number of rotatable bonds is 9. The van der Waals surface area contributed by atoms with Gasteiger partial charge in [0.1, 0.15) is 11.1 Å². The highest BCUT2D eigenvalue weighted by molar-refractivity contribution is 8.76. The van der Waals surface area contributed by atoms with Gasteiger partial charge in [0.25, 0.3) is 11.8 Å². The van der Waals surface area contributed by atoms with Crippen molar-refractivity contribution < 1.29 is 28.8 Å². The van der Waals surface area contributed by atoms with E-state index < -0.39 is 29.7 Å². The lowest BCUT2D eigenvalue weighted by Gasteiger charge is -2.24. The zero-order chi connectivity index (χ0) is 22.2. The first kappa shape index (κ1) is 23.1. The highest BCUT2D eigenvalue weighted by atomic mass is 33.1. The van der Waals surface area contributed by atoms with Crippen LogP contribution in [0.4, 0.5) is 0 Å². The van der Waals surface area contributed by atoms with Gasteiger partial charge in [0.15, 0.2) is 0 Å². The van der Waals surface area contributed by atoms with Gasteiger partial charge in [0.05, 0.1) is 6.54 Å². The third-order valence-electron chi connectivity index (χ3n) is 4.66. The number of hydrogen-bond donors (Lipinski definition) is 1. The smallest absolute Gasteiger partial charge is 0.347 e. The molecule has 1 unspecified atom stereocenters. The fourth-order valence-corrected chi connectivity index (χ4v) is 4.98. The second-order valence-corrected chi connectivity index (χ2v) is 9.27. The van der Waals surface area contributed by atoms with Crippen LogP contribution in [0.15, 0.2) is 29.4 Å². The molecule has 166 valence electrons. The number of imide groups is 1. The van der Waals surface area contributed by atoms with E-state index in [-0.39, 0.29) is 31.7 Å². The van der Waals surface area contributed by atoms with Crippen molar-refractivity contribution in [2.24, 2.45) is 0 Å². The summed E-state index contributed by atoms with van der Waals surface area (Å²) in [6.07, 6.45) is 2.90. The van der Waals surface area contributed by atoms with Crippen LogP contribution < -0.4 is 5.32 Å². The Morgan fingerprint density at radius 1 is 1.19 bits per heavy atom. The van der Waals surface area contributed by atoms with Crippen LogP contribution in [0, 0.1) is 0 Å². The normalized spacial score (nSPS) is 18.4. The van der Waals surface area contributed by atoms with E-state index in [2.05, 4.69) is 10.3 Å². The minimum absolute atomic E-state index is 0.00408. The van der Waals surface area contributed by atoms with Gasteiger partial charge in [-0.05, 0) is 35.8 Å². The molecule has 3 heterocycles. The number of nitrogens with one attached hydrogen (secondary N) is 1. The number of amides is 4. The van der Waals surface area contributed by atoms with E-state index in [9.17, 15) is 24.0 Å². The van der Waals surface area contributed by atoms with Gasteiger partial charge in [0, 0.05) is 37.8 Å². The Kier molecular flexibility index (Phi) is 8.29. The molecule has 0 aromatic carbocycles. The van der Waals surface area contributed by atoms with E-state index in [1.807, 2.05) is 18.2 Å². The summed E-state index contributed by atoms with van der Waals surface area (Å²) in [5.74, 6) is -2.08. The SMILES string of the molecule is O=C(CCSSc1ccccn1)NCC(=O)N1CCCC1C(=O)ON1C(=O)CCC1=O. The van der Waals surface area contributed by atoms with Gasteiger partial charge in [-0.2, -0.15) is 0 Å². The van der Waals surface area contributed by atoms with Gasteiger partial charge in [-0.3, -0.25) is 19.2 Å². The summed E-state index contributed by atoms with van der Waals surface area (Å²) in [4.78, 5) is 70.5. The van der Waals surface area contributed by atoms with Crippen LogP contribution in [0.5, 0.6) is 0 Å². The molecule has 1 aromatic heterocycles. The van der Waals surface area contributed by atoms with Crippen LogP contribution >= 0.6 is 21.6 Å². The van der Waals surface area contributed by atoms with E-state index in [4.69, 9.17) is 4.84 Å².